The number of amides is 1. The van der Waals surface area contributed by atoms with Gasteiger partial charge in [0.1, 0.15) is 0 Å². The van der Waals surface area contributed by atoms with Crippen LogP contribution in [0, 0.1) is 0 Å². The van der Waals surface area contributed by atoms with Crippen LogP contribution >= 0.6 is 0 Å². The summed E-state index contributed by atoms with van der Waals surface area (Å²) in [6.07, 6.45) is 10.9. The van der Waals surface area contributed by atoms with E-state index in [1.807, 2.05) is 42.1 Å². The van der Waals surface area contributed by atoms with Crippen molar-refractivity contribution in [1.29, 1.82) is 0 Å². The predicted octanol–water partition coefficient (Wildman–Crippen LogP) is 2.24. The van der Waals surface area contributed by atoms with Crippen molar-refractivity contribution in [1.82, 2.24) is 29.4 Å². The van der Waals surface area contributed by atoms with E-state index in [0.717, 1.165) is 37.1 Å². The van der Waals surface area contributed by atoms with Gasteiger partial charge in [-0.25, -0.2) is 0 Å². The van der Waals surface area contributed by atoms with E-state index >= 15 is 0 Å². The van der Waals surface area contributed by atoms with Gasteiger partial charge in [-0.05, 0) is 25.0 Å². The van der Waals surface area contributed by atoms with Crippen LogP contribution in [0.15, 0.2) is 43.1 Å². The van der Waals surface area contributed by atoms with Crippen LogP contribution in [-0.2, 0) is 14.1 Å². The molecule has 7 heteroatoms. The lowest BCUT2D eigenvalue weighted by Crippen LogP contribution is -2.38. The zero-order chi connectivity index (χ0) is 18.1. The molecule has 4 heterocycles. The maximum Gasteiger partial charge on any atom is 0.255 e. The minimum Gasteiger partial charge on any atom is -0.339 e. The maximum absolute atomic E-state index is 12.9. The Bertz CT molecular complexity index is 920. The van der Waals surface area contributed by atoms with Crippen LogP contribution in [0.3, 0.4) is 0 Å². The molecule has 7 nitrogen and oxygen atoms in total. The number of hydrogen-bond donors (Lipinski definition) is 0. The first-order valence-corrected chi connectivity index (χ1v) is 8.83. The summed E-state index contributed by atoms with van der Waals surface area (Å²) in [5, 5.41) is 8.44. The van der Waals surface area contributed by atoms with E-state index in [9.17, 15) is 4.79 Å². The van der Waals surface area contributed by atoms with Crippen LogP contribution in [0.5, 0.6) is 0 Å². The molecule has 0 bridgehead atoms. The van der Waals surface area contributed by atoms with Crippen molar-refractivity contribution >= 4 is 5.91 Å². The molecule has 134 valence electrons. The Morgan fingerprint density at radius 1 is 1.08 bits per heavy atom. The molecule has 1 aliphatic heterocycles. The van der Waals surface area contributed by atoms with E-state index in [4.69, 9.17) is 0 Å². The molecule has 0 radical (unpaired) electrons. The maximum atomic E-state index is 12.9. The number of nitrogens with zero attached hydrogens (tertiary/aromatic N) is 6. The van der Waals surface area contributed by atoms with E-state index in [0.29, 0.717) is 11.5 Å². The summed E-state index contributed by atoms with van der Waals surface area (Å²) < 4.78 is 3.68. The van der Waals surface area contributed by atoms with Gasteiger partial charge in [0.2, 0.25) is 0 Å². The molecule has 4 rings (SSSR count). The van der Waals surface area contributed by atoms with Gasteiger partial charge in [-0.1, -0.05) is 0 Å². The average Bonchev–Trinajstić information content (AvgIpc) is 3.30. The molecule has 0 atom stereocenters. The molecule has 3 aromatic rings. The van der Waals surface area contributed by atoms with E-state index in [1.54, 1.807) is 23.3 Å². The summed E-state index contributed by atoms with van der Waals surface area (Å²) >= 11 is 0. The van der Waals surface area contributed by atoms with Crippen molar-refractivity contribution in [3.8, 4) is 11.1 Å². The summed E-state index contributed by atoms with van der Waals surface area (Å²) in [6.45, 7) is 1.51. The SMILES string of the molecule is Cn1cc(-c2cncc(C(=O)N3CCC(c4ccnn4C)CC3)c2)cn1. The van der Waals surface area contributed by atoms with E-state index < -0.39 is 0 Å². The zero-order valence-corrected chi connectivity index (χ0v) is 15.0. The monoisotopic (exact) mass is 350 g/mol. The average molecular weight is 350 g/mol. The van der Waals surface area contributed by atoms with Gasteiger partial charge < -0.3 is 4.90 Å². The Kier molecular flexibility index (Phi) is 4.28. The van der Waals surface area contributed by atoms with E-state index in [2.05, 4.69) is 21.2 Å². The highest BCUT2D eigenvalue weighted by atomic mass is 16.2. The summed E-state index contributed by atoms with van der Waals surface area (Å²) in [4.78, 5) is 19.1. The first-order valence-electron chi connectivity index (χ1n) is 8.83. The lowest BCUT2D eigenvalue weighted by atomic mass is 9.93. The Labute approximate surface area is 152 Å². The summed E-state index contributed by atoms with van der Waals surface area (Å²) in [5.74, 6) is 0.512. The number of pyridine rings is 1. The number of aryl methyl sites for hydroxylation is 2. The van der Waals surface area contributed by atoms with Gasteiger partial charge >= 0.3 is 0 Å². The largest absolute Gasteiger partial charge is 0.339 e. The molecule has 1 aliphatic rings. The molecule has 3 aromatic heterocycles. The van der Waals surface area contributed by atoms with Gasteiger partial charge in [-0.15, -0.1) is 0 Å². The Balaban J connectivity index is 1.46. The molecule has 0 aromatic carbocycles. The minimum absolute atomic E-state index is 0.0479. The molecule has 26 heavy (non-hydrogen) atoms. The number of piperidine rings is 1. The third kappa shape index (κ3) is 3.12. The van der Waals surface area contributed by atoms with E-state index in [1.165, 1.54) is 5.69 Å². The summed E-state index contributed by atoms with van der Waals surface area (Å²) in [6, 6.07) is 3.98. The lowest BCUT2D eigenvalue weighted by Gasteiger charge is -2.32. The third-order valence-corrected chi connectivity index (χ3v) is 5.08. The van der Waals surface area contributed by atoms with Crippen molar-refractivity contribution in [3.05, 3.63) is 54.4 Å². The molecule has 1 fully saturated rings. The number of likely N-dealkylation sites (tertiary alicyclic amines) is 1. The number of carbonyl (C=O) groups is 1. The first kappa shape index (κ1) is 16.5. The van der Waals surface area contributed by atoms with E-state index in [-0.39, 0.29) is 5.91 Å². The van der Waals surface area contributed by atoms with Crippen LogP contribution in [0.4, 0.5) is 0 Å². The van der Waals surface area contributed by atoms with Crippen LogP contribution in [0.25, 0.3) is 11.1 Å². The fourth-order valence-electron chi connectivity index (χ4n) is 3.63. The number of hydrogen-bond acceptors (Lipinski definition) is 4. The first-order chi connectivity index (χ1) is 12.6. The molecule has 0 spiro atoms. The van der Waals surface area contributed by atoms with Crippen LogP contribution in [0.1, 0.15) is 34.8 Å². The van der Waals surface area contributed by atoms with Crippen LogP contribution in [-0.4, -0.2) is 48.4 Å². The smallest absolute Gasteiger partial charge is 0.255 e. The van der Waals surface area contributed by atoms with Crippen molar-refractivity contribution < 1.29 is 4.79 Å². The Morgan fingerprint density at radius 2 is 1.88 bits per heavy atom. The van der Waals surface area contributed by atoms with Gasteiger partial charge in [0.25, 0.3) is 5.91 Å². The molecule has 0 saturated carbocycles. The lowest BCUT2D eigenvalue weighted by molar-refractivity contribution is 0.0711. The molecule has 1 amide bonds. The normalized spacial score (nSPS) is 15.4. The van der Waals surface area contributed by atoms with Crippen molar-refractivity contribution in [2.24, 2.45) is 14.1 Å². The highest BCUT2D eigenvalue weighted by Crippen LogP contribution is 2.28. The molecule has 0 N–H and O–H groups in total. The molecule has 1 saturated heterocycles. The quantitative estimate of drug-likeness (QED) is 0.726. The molecular weight excluding hydrogens is 328 g/mol. The van der Waals surface area contributed by atoms with Gasteiger partial charge in [0, 0.05) is 74.7 Å². The fraction of sp³-hybridized carbons (Fsp3) is 0.368. The number of carbonyl (C=O) groups excluding carboxylic acids is 1. The number of rotatable bonds is 3. The highest BCUT2D eigenvalue weighted by molar-refractivity contribution is 5.95. The van der Waals surface area contributed by atoms with Crippen molar-refractivity contribution in [3.63, 3.8) is 0 Å². The number of aromatic nitrogens is 5. The topological polar surface area (TPSA) is 68.8 Å². The standard InChI is InChI=1S/C19H22N6O/c1-23-13-17(12-22-23)15-9-16(11-20-10-15)19(26)25-7-4-14(5-8-25)18-3-6-21-24(18)2/h3,6,9-14H,4-5,7-8H2,1-2H3. The Hall–Kier alpha value is -2.96. The summed E-state index contributed by atoms with van der Waals surface area (Å²) in [5.41, 5.74) is 3.75. The van der Waals surface area contributed by atoms with Crippen LogP contribution < -0.4 is 0 Å². The summed E-state index contributed by atoms with van der Waals surface area (Å²) in [7, 11) is 3.85. The van der Waals surface area contributed by atoms with Crippen molar-refractivity contribution in [2.75, 3.05) is 13.1 Å². The fourth-order valence-corrected chi connectivity index (χ4v) is 3.63. The van der Waals surface area contributed by atoms with Gasteiger partial charge in [-0.3, -0.25) is 19.1 Å². The second-order valence-corrected chi connectivity index (χ2v) is 6.81. The molecule has 0 aliphatic carbocycles. The van der Waals surface area contributed by atoms with Crippen molar-refractivity contribution in [2.45, 2.75) is 18.8 Å². The minimum atomic E-state index is 0.0479. The van der Waals surface area contributed by atoms with Gasteiger partial charge in [0.05, 0.1) is 11.8 Å². The highest BCUT2D eigenvalue weighted by Gasteiger charge is 2.26. The second kappa shape index (κ2) is 6.74. The zero-order valence-electron chi connectivity index (χ0n) is 15.0. The second-order valence-electron chi connectivity index (χ2n) is 6.81. The Morgan fingerprint density at radius 3 is 2.54 bits per heavy atom. The third-order valence-electron chi connectivity index (χ3n) is 5.08. The molecule has 0 unspecified atom stereocenters. The van der Waals surface area contributed by atoms with Gasteiger partial charge in [-0.2, -0.15) is 10.2 Å². The van der Waals surface area contributed by atoms with Gasteiger partial charge in [0.15, 0.2) is 0 Å². The predicted molar refractivity (Wildman–Crippen MR) is 97.5 cm³/mol. The van der Waals surface area contributed by atoms with Crippen LogP contribution in [0.2, 0.25) is 0 Å². The molecular formula is C19H22N6O.